The highest BCUT2D eigenvalue weighted by atomic mass is 19.3. The van der Waals surface area contributed by atoms with Crippen LogP contribution in [0.25, 0.3) is 0 Å². The highest BCUT2D eigenvalue weighted by molar-refractivity contribution is 6.09. The highest BCUT2D eigenvalue weighted by Crippen LogP contribution is 2.20. The molecule has 6 heteroatoms. The molecule has 1 aromatic carbocycles. The van der Waals surface area contributed by atoms with E-state index in [1.807, 2.05) is 6.92 Å². The van der Waals surface area contributed by atoms with E-state index in [0.29, 0.717) is 17.9 Å². The minimum Gasteiger partial charge on any atom is -0.492 e. The van der Waals surface area contributed by atoms with E-state index >= 15 is 0 Å². The minimum atomic E-state index is -2.93. The number of halogens is 2. The summed E-state index contributed by atoms with van der Waals surface area (Å²) in [6.07, 6.45) is 2.89. The molecule has 2 aromatic rings. The third-order valence-electron chi connectivity index (χ3n) is 2.61. The maximum atomic E-state index is 12.3. The van der Waals surface area contributed by atoms with Crippen molar-refractivity contribution in [2.45, 2.75) is 13.5 Å². The first-order valence-electron chi connectivity index (χ1n) is 6.27. The zero-order valence-electron chi connectivity index (χ0n) is 11.3. The van der Waals surface area contributed by atoms with Gasteiger partial charge in [-0.15, -0.1) is 0 Å². The first-order chi connectivity index (χ1) is 10.1. The molecule has 2 rings (SSSR count). The number of rotatable bonds is 6. The van der Waals surface area contributed by atoms with Crippen molar-refractivity contribution in [3.8, 4) is 11.5 Å². The lowest BCUT2D eigenvalue weighted by atomic mass is 10.0. The Labute approximate surface area is 120 Å². The van der Waals surface area contributed by atoms with Gasteiger partial charge in [-0.05, 0) is 25.1 Å². The molecule has 0 radical (unpaired) electrons. The van der Waals surface area contributed by atoms with Gasteiger partial charge in [0.05, 0.1) is 12.8 Å². The van der Waals surface area contributed by atoms with Crippen LogP contribution in [-0.2, 0) is 0 Å². The summed E-state index contributed by atoms with van der Waals surface area (Å²) in [5, 5.41) is 0. The standard InChI is InChI=1S/C15H13F2NO3/c1-2-20-13-7-11(8-18-9-13)14(19)10-4-3-5-12(6-10)21-15(16)17/h3-9,15H,2H2,1H3. The summed E-state index contributed by atoms with van der Waals surface area (Å²) in [6.45, 7) is -0.658. The van der Waals surface area contributed by atoms with Crippen LogP contribution in [0.5, 0.6) is 11.5 Å². The second kappa shape index (κ2) is 6.78. The number of benzene rings is 1. The molecule has 0 atom stereocenters. The molecule has 0 aliphatic rings. The van der Waals surface area contributed by atoms with Crippen molar-refractivity contribution < 1.29 is 23.0 Å². The monoisotopic (exact) mass is 293 g/mol. The fourth-order valence-electron chi connectivity index (χ4n) is 1.77. The van der Waals surface area contributed by atoms with Crippen molar-refractivity contribution in [2.75, 3.05) is 6.61 Å². The number of hydrogen-bond donors (Lipinski definition) is 0. The first-order valence-corrected chi connectivity index (χ1v) is 6.27. The highest BCUT2D eigenvalue weighted by Gasteiger charge is 2.13. The smallest absolute Gasteiger partial charge is 0.387 e. The van der Waals surface area contributed by atoms with E-state index in [-0.39, 0.29) is 17.1 Å². The van der Waals surface area contributed by atoms with Crippen LogP contribution in [0.3, 0.4) is 0 Å². The Morgan fingerprint density at radius 2 is 1.95 bits per heavy atom. The van der Waals surface area contributed by atoms with E-state index in [1.165, 1.54) is 36.7 Å². The second-order valence-corrected chi connectivity index (χ2v) is 4.08. The van der Waals surface area contributed by atoms with E-state index in [1.54, 1.807) is 6.07 Å². The van der Waals surface area contributed by atoms with Crippen LogP contribution in [-0.4, -0.2) is 24.0 Å². The number of hydrogen-bond acceptors (Lipinski definition) is 4. The summed E-state index contributed by atoms with van der Waals surface area (Å²) in [5.41, 5.74) is 0.554. The molecule has 0 amide bonds. The average Bonchev–Trinajstić information content (AvgIpc) is 2.47. The molecule has 4 nitrogen and oxygen atoms in total. The first kappa shape index (κ1) is 14.9. The molecule has 1 aromatic heterocycles. The number of ether oxygens (including phenoxy) is 2. The lowest BCUT2D eigenvalue weighted by molar-refractivity contribution is -0.0498. The number of aromatic nitrogens is 1. The Morgan fingerprint density at radius 1 is 1.19 bits per heavy atom. The van der Waals surface area contributed by atoms with E-state index in [4.69, 9.17) is 4.74 Å². The van der Waals surface area contributed by atoms with E-state index < -0.39 is 6.61 Å². The molecule has 110 valence electrons. The maximum Gasteiger partial charge on any atom is 0.387 e. The molecule has 0 saturated heterocycles. The molecule has 0 spiro atoms. The van der Waals surface area contributed by atoms with Crippen molar-refractivity contribution in [1.29, 1.82) is 0 Å². The van der Waals surface area contributed by atoms with Gasteiger partial charge < -0.3 is 9.47 Å². The molecule has 0 aliphatic carbocycles. The summed E-state index contributed by atoms with van der Waals surface area (Å²) in [7, 11) is 0. The van der Waals surface area contributed by atoms with Gasteiger partial charge in [-0.25, -0.2) is 0 Å². The van der Waals surface area contributed by atoms with Gasteiger partial charge in [-0.3, -0.25) is 9.78 Å². The number of ketones is 1. The summed E-state index contributed by atoms with van der Waals surface area (Å²) in [4.78, 5) is 16.2. The lowest BCUT2D eigenvalue weighted by Crippen LogP contribution is -2.05. The van der Waals surface area contributed by atoms with Gasteiger partial charge >= 0.3 is 6.61 Å². The van der Waals surface area contributed by atoms with Gasteiger partial charge in [0, 0.05) is 17.3 Å². The van der Waals surface area contributed by atoms with Gasteiger partial charge in [0.25, 0.3) is 0 Å². The summed E-state index contributed by atoms with van der Waals surface area (Å²) >= 11 is 0. The van der Waals surface area contributed by atoms with E-state index in [0.717, 1.165) is 0 Å². The van der Waals surface area contributed by atoms with Crippen molar-refractivity contribution in [2.24, 2.45) is 0 Å². The predicted octanol–water partition coefficient (Wildman–Crippen LogP) is 3.31. The molecular weight excluding hydrogens is 280 g/mol. The molecule has 0 aliphatic heterocycles. The number of carbonyl (C=O) groups is 1. The van der Waals surface area contributed by atoms with E-state index in [2.05, 4.69) is 9.72 Å². The Hall–Kier alpha value is -2.50. The quantitative estimate of drug-likeness (QED) is 0.767. The van der Waals surface area contributed by atoms with Gasteiger partial charge in [0.1, 0.15) is 11.5 Å². The zero-order chi connectivity index (χ0) is 15.2. The minimum absolute atomic E-state index is 0.0650. The molecule has 0 fully saturated rings. The third kappa shape index (κ3) is 3.98. The van der Waals surface area contributed by atoms with Gasteiger partial charge in [-0.2, -0.15) is 8.78 Å². The van der Waals surface area contributed by atoms with Crippen LogP contribution in [0.4, 0.5) is 8.78 Å². The fraction of sp³-hybridized carbons (Fsp3) is 0.200. The Balaban J connectivity index is 2.25. The predicted molar refractivity (Wildman–Crippen MR) is 71.9 cm³/mol. The Morgan fingerprint density at radius 3 is 2.67 bits per heavy atom. The van der Waals surface area contributed by atoms with Crippen LogP contribution in [0.1, 0.15) is 22.8 Å². The summed E-state index contributed by atoms with van der Waals surface area (Å²) in [6, 6.07) is 7.18. The second-order valence-electron chi connectivity index (χ2n) is 4.08. The molecule has 1 heterocycles. The lowest BCUT2D eigenvalue weighted by Gasteiger charge is -2.07. The van der Waals surface area contributed by atoms with E-state index in [9.17, 15) is 13.6 Å². The summed E-state index contributed by atoms with van der Waals surface area (Å²) in [5.74, 6) is 0.0666. The van der Waals surface area contributed by atoms with Crippen molar-refractivity contribution in [1.82, 2.24) is 4.98 Å². The average molecular weight is 293 g/mol. The number of nitrogens with zero attached hydrogens (tertiary/aromatic N) is 1. The van der Waals surface area contributed by atoms with Gasteiger partial charge in [0.2, 0.25) is 0 Å². The van der Waals surface area contributed by atoms with Crippen LogP contribution in [0, 0.1) is 0 Å². The Bertz CT molecular complexity index is 632. The van der Waals surface area contributed by atoms with Crippen LogP contribution in [0.2, 0.25) is 0 Å². The molecule has 0 unspecified atom stereocenters. The number of pyridine rings is 1. The van der Waals surface area contributed by atoms with Gasteiger partial charge in [-0.1, -0.05) is 12.1 Å². The third-order valence-corrected chi connectivity index (χ3v) is 2.61. The molecule has 0 saturated carbocycles. The van der Waals surface area contributed by atoms with Gasteiger partial charge in [0.15, 0.2) is 5.78 Å². The Kier molecular flexibility index (Phi) is 4.81. The topological polar surface area (TPSA) is 48.4 Å². The zero-order valence-corrected chi connectivity index (χ0v) is 11.3. The summed E-state index contributed by atoms with van der Waals surface area (Å²) < 4.78 is 33.9. The fourth-order valence-corrected chi connectivity index (χ4v) is 1.77. The largest absolute Gasteiger partial charge is 0.492 e. The maximum absolute atomic E-state index is 12.3. The van der Waals surface area contributed by atoms with Crippen molar-refractivity contribution in [3.63, 3.8) is 0 Å². The normalized spacial score (nSPS) is 10.5. The molecule has 21 heavy (non-hydrogen) atoms. The number of carbonyl (C=O) groups excluding carboxylic acids is 1. The van der Waals surface area contributed by atoms with Crippen LogP contribution < -0.4 is 9.47 Å². The van der Waals surface area contributed by atoms with Crippen molar-refractivity contribution in [3.05, 3.63) is 53.9 Å². The van der Waals surface area contributed by atoms with Crippen LogP contribution >= 0.6 is 0 Å². The molecule has 0 N–H and O–H groups in total. The molecular formula is C15H13F2NO3. The molecule has 0 bridgehead atoms. The van der Waals surface area contributed by atoms with Crippen LogP contribution in [0.15, 0.2) is 42.7 Å². The van der Waals surface area contributed by atoms with Crippen molar-refractivity contribution >= 4 is 5.78 Å². The number of alkyl halides is 2. The SMILES string of the molecule is CCOc1cncc(C(=O)c2cccc(OC(F)F)c2)c1.